The third-order valence-corrected chi connectivity index (χ3v) is 5.67. The van der Waals surface area contributed by atoms with Crippen molar-refractivity contribution < 1.29 is 14.3 Å². The second-order valence-electron chi connectivity index (χ2n) is 8.26. The number of piperidine rings is 1. The van der Waals surface area contributed by atoms with E-state index in [4.69, 9.17) is 4.74 Å². The molecule has 6 nitrogen and oxygen atoms in total. The van der Waals surface area contributed by atoms with Gasteiger partial charge in [-0.05, 0) is 46.0 Å². The average molecular weight is 354 g/mol. The summed E-state index contributed by atoms with van der Waals surface area (Å²) in [7, 11) is 1.72. The minimum absolute atomic E-state index is 0.00954. The normalized spacial score (nSPS) is 22.7. The van der Waals surface area contributed by atoms with Crippen LogP contribution in [-0.2, 0) is 9.53 Å². The Kier molecular flexibility index (Phi) is 6.49. The van der Waals surface area contributed by atoms with Crippen LogP contribution in [0, 0.1) is 5.92 Å². The van der Waals surface area contributed by atoms with Crippen LogP contribution in [0.25, 0.3) is 0 Å². The maximum absolute atomic E-state index is 13.2. The zero-order chi connectivity index (χ0) is 18.8. The summed E-state index contributed by atoms with van der Waals surface area (Å²) < 4.78 is 5.27. The molecule has 2 aliphatic rings. The largest absolute Gasteiger partial charge is 0.383 e. The number of nitrogens with zero attached hydrogens (tertiary/aromatic N) is 3. The Morgan fingerprint density at radius 1 is 1.08 bits per heavy atom. The lowest BCUT2D eigenvalue weighted by molar-refractivity contribution is -0.137. The fourth-order valence-corrected chi connectivity index (χ4v) is 4.06. The second kappa shape index (κ2) is 8.04. The molecule has 2 rings (SSSR count). The van der Waals surface area contributed by atoms with Crippen LogP contribution in [0.4, 0.5) is 4.79 Å². The maximum Gasteiger partial charge on any atom is 0.327 e. The lowest BCUT2D eigenvalue weighted by atomic mass is 9.85. The zero-order valence-corrected chi connectivity index (χ0v) is 16.7. The monoisotopic (exact) mass is 353 g/mol. The number of methoxy groups -OCH3 is 1. The van der Waals surface area contributed by atoms with Crippen molar-refractivity contribution in [2.45, 2.75) is 71.5 Å². The molecule has 0 saturated carbocycles. The first-order valence-electron chi connectivity index (χ1n) is 9.63. The van der Waals surface area contributed by atoms with Crippen LogP contribution in [0.5, 0.6) is 0 Å². The minimum atomic E-state index is -0.639. The van der Waals surface area contributed by atoms with Crippen LogP contribution in [0.1, 0.15) is 53.9 Å². The number of likely N-dealkylation sites (tertiary alicyclic amines) is 1. The number of hydrogen-bond donors (Lipinski definition) is 0. The Balaban J connectivity index is 2.20. The van der Waals surface area contributed by atoms with Crippen LogP contribution < -0.4 is 0 Å². The van der Waals surface area contributed by atoms with Crippen molar-refractivity contribution in [2.24, 2.45) is 5.92 Å². The lowest BCUT2D eigenvalue weighted by Crippen LogP contribution is -2.58. The summed E-state index contributed by atoms with van der Waals surface area (Å²) in [5.41, 5.74) is -0.639. The van der Waals surface area contributed by atoms with E-state index in [-0.39, 0.29) is 18.0 Å². The van der Waals surface area contributed by atoms with Crippen LogP contribution >= 0.6 is 0 Å². The number of carbonyl (C=O) groups is 2. The molecule has 0 aromatic heterocycles. The molecule has 3 amide bonds. The topological polar surface area (TPSA) is 53.1 Å². The molecule has 0 aromatic rings. The number of urea groups is 1. The van der Waals surface area contributed by atoms with E-state index in [9.17, 15) is 9.59 Å². The standard InChI is InChI=1S/C19H35N3O3/c1-14(2)7-10-21-18(24)22(15(3)4)17(23)19(21)8-11-20(12-9-19)16(5)13-25-6/h14-16H,7-13H2,1-6H3. The fourth-order valence-electron chi connectivity index (χ4n) is 4.06. The Hall–Kier alpha value is -1.14. The third-order valence-electron chi connectivity index (χ3n) is 5.67. The molecule has 1 spiro atoms. The van der Waals surface area contributed by atoms with Gasteiger partial charge in [0.2, 0.25) is 0 Å². The molecule has 2 heterocycles. The highest BCUT2D eigenvalue weighted by molar-refractivity contribution is 6.07. The van der Waals surface area contributed by atoms with Crippen LogP contribution in [0.3, 0.4) is 0 Å². The Labute approximate surface area is 152 Å². The molecule has 0 radical (unpaired) electrons. The summed E-state index contributed by atoms with van der Waals surface area (Å²) in [6.45, 7) is 13.3. The van der Waals surface area contributed by atoms with E-state index in [0.717, 1.165) is 19.5 Å². The number of ether oxygens (including phenoxy) is 1. The van der Waals surface area contributed by atoms with E-state index in [0.29, 0.717) is 38.0 Å². The van der Waals surface area contributed by atoms with Gasteiger partial charge in [0.15, 0.2) is 0 Å². The van der Waals surface area contributed by atoms with Crippen molar-refractivity contribution in [3.8, 4) is 0 Å². The molecule has 25 heavy (non-hydrogen) atoms. The average Bonchev–Trinajstić information content (AvgIpc) is 2.74. The number of carbonyl (C=O) groups excluding carboxylic acids is 2. The van der Waals surface area contributed by atoms with Crippen molar-refractivity contribution in [2.75, 3.05) is 33.4 Å². The lowest BCUT2D eigenvalue weighted by Gasteiger charge is -2.44. The van der Waals surface area contributed by atoms with Gasteiger partial charge in [0.25, 0.3) is 5.91 Å². The van der Waals surface area contributed by atoms with E-state index < -0.39 is 5.54 Å². The van der Waals surface area contributed by atoms with E-state index in [1.165, 1.54) is 4.90 Å². The molecular formula is C19H35N3O3. The summed E-state index contributed by atoms with van der Waals surface area (Å²) in [6, 6.07) is 0.144. The summed E-state index contributed by atoms with van der Waals surface area (Å²) >= 11 is 0. The molecule has 1 atom stereocenters. The van der Waals surface area contributed by atoms with Crippen LogP contribution in [0.2, 0.25) is 0 Å². The first kappa shape index (κ1) is 20.2. The van der Waals surface area contributed by atoms with Gasteiger partial charge in [-0.1, -0.05) is 13.8 Å². The number of imide groups is 1. The molecule has 0 N–H and O–H groups in total. The molecular weight excluding hydrogens is 318 g/mol. The van der Waals surface area contributed by atoms with Gasteiger partial charge in [0.1, 0.15) is 5.54 Å². The van der Waals surface area contributed by atoms with Gasteiger partial charge in [-0.3, -0.25) is 14.6 Å². The van der Waals surface area contributed by atoms with Crippen molar-refractivity contribution in [3.63, 3.8) is 0 Å². The summed E-state index contributed by atoms with van der Waals surface area (Å²) in [5.74, 6) is 0.519. The second-order valence-corrected chi connectivity index (χ2v) is 8.26. The summed E-state index contributed by atoms with van der Waals surface area (Å²) in [4.78, 5) is 31.9. The van der Waals surface area contributed by atoms with Crippen molar-refractivity contribution >= 4 is 11.9 Å². The minimum Gasteiger partial charge on any atom is -0.383 e. The van der Waals surface area contributed by atoms with Gasteiger partial charge in [-0.2, -0.15) is 0 Å². The molecule has 1 unspecified atom stereocenters. The quantitative estimate of drug-likeness (QED) is 0.660. The smallest absolute Gasteiger partial charge is 0.327 e. The van der Waals surface area contributed by atoms with Gasteiger partial charge in [0, 0.05) is 38.8 Å². The van der Waals surface area contributed by atoms with Crippen LogP contribution in [0.15, 0.2) is 0 Å². The maximum atomic E-state index is 13.2. The molecule has 2 fully saturated rings. The predicted molar refractivity (Wildman–Crippen MR) is 98.4 cm³/mol. The van der Waals surface area contributed by atoms with Crippen molar-refractivity contribution in [3.05, 3.63) is 0 Å². The third kappa shape index (κ3) is 3.85. The molecule has 2 aliphatic heterocycles. The predicted octanol–water partition coefficient (Wildman–Crippen LogP) is 2.57. The molecule has 2 saturated heterocycles. The van der Waals surface area contributed by atoms with Gasteiger partial charge >= 0.3 is 6.03 Å². The van der Waals surface area contributed by atoms with E-state index in [1.54, 1.807) is 7.11 Å². The fraction of sp³-hybridized carbons (Fsp3) is 0.895. The van der Waals surface area contributed by atoms with Crippen molar-refractivity contribution in [1.82, 2.24) is 14.7 Å². The molecule has 144 valence electrons. The van der Waals surface area contributed by atoms with E-state index >= 15 is 0 Å². The number of amides is 3. The Morgan fingerprint density at radius 2 is 1.68 bits per heavy atom. The van der Waals surface area contributed by atoms with E-state index in [1.807, 2.05) is 18.7 Å². The Bertz CT molecular complexity index is 484. The van der Waals surface area contributed by atoms with Gasteiger partial charge in [-0.15, -0.1) is 0 Å². The van der Waals surface area contributed by atoms with Crippen molar-refractivity contribution in [1.29, 1.82) is 0 Å². The number of hydrogen-bond acceptors (Lipinski definition) is 4. The highest BCUT2D eigenvalue weighted by Crippen LogP contribution is 2.39. The molecule has 0 aromatic carbocycles. The van der Waals surface area contributed by atoms with Gasteiger partial charge in [-0.25, -0.2) is 4.79 Å². The SMILES string of the molecule is COCC(C)N1CCC2(CC1)C(=O)N(C(C)C)C(=O)N2CCC(C)C. The zero-order valence-electron chi connectivity index (χ0n) is 16.7. The molecule has 0 aliphatic carbocycles. The first-order valence-corrected chi connectivity index (χ1v) is 9.63. The first-order chi connectivity index (χ1) is 11.7. The summed E-state index contributed by atoms with van der Waals surface area (Å²) in [5, 5.41) is 0. The summed E-state index contributed by atoms with van der Waals surface area (Å²) in [6.07, 6.45) is 2.36. The highest BCUT2D eigenvalue weighted by atomic mass is 16.5. The van der Waals surface area contributed by atoms with E-state index in [2.05, 4.69) is 25.7 Å². The van der Waals surface area contributed by atoms with Gasteiger partial charge in [0.05, 0.1) is 6.61 Å². The number of rotatable bonds is 7. The molecule has 6 heteroatoms. The molecule has 0 bridgehead atoms. The van der Waals surface area contributed by atoms with Crippen LogP contribution in [-0.4, -0.2) is 77.6 Å². The highest BCUT2D eigenvalue weighted by Gasteiger charge is 2.58. The van der Waals surface area contributed by atoms with Gasteiger partial charge < -0.3 is 9.64 Å². The Morgan fingerprint density at radius 3 is 2.16 bits per heavy atom.